The Hall–Kier alpha value is -1.08. The maximum atomic E-state index is 11.3. The number of halogens is 1. The molecule has 0 amide bonds. The number of alkyl halides is 1. The van der Waals surface area contributed by atoms with E-state index < -0.39 is 16.0 Å². The summed E-state index contributed by atoms with van der Waals surface area (Å²) in [4.78, 5) is 10.7. The van der Waals surface area contributed by atoms with Gasteiger partial charge in [-0.25, -0.2) is 13.2 Å². The summed E-state index contributed by atoms with van der Waals surface area (Å²) < 4.78 is 24.6. The van der Waals surface area contributed by atoms with Crippen LogP contribution in [-0.4, -0.2) is 24.2 Å². The third kappa shape index (κ3) is 3.21. The molecule has 0 spiro atoms. The van der Waals surface area contributed by atoms with Crippen molar-refractivity contribution in [1.82, 2.24) is 0 Å². The number of carbonyl (C=O) groups is 1. The Morgan fingerprint density at radius 1 is 1.50 bits per heavy atom. The van der Waals surface area contributed by atoms with Crippen molar-refractivity contribution in [1.29, 1.82) is 0 Å². The fraction of sp³-hybridized carbons (Fsp3) is 0.222. The number of aromatic carboxylic acids is 1. The average Bonchev–Trinajstić information content (AvgIpc) is 2.21. The monoisotopic (exact) mass is 307 g/mol. The molecule has 0 fully saturated rings. The van der Waals surface area contributed by atoms with Crippen LogP contribution in [0.4, 0.5) is 5.69 Å². The summed E-state index contributed by atoms with van der Waals surface area (Å²) >= 11 is 2.83. The summed E-state index contributed by atoms with van der Waals surface area (Å²) in [6.45, 7) is 1.69. The second-order valence-corrected chi connectivity index (χ2v) is 6.19. The highest BCUT2D eigenvalue weighted by atomic mass is 79.9. The minimum Gasteiger partial charge on any atom is -0.478 e. The summed E-state index contributed by atoms with van der Waals surface area (Å²) in [5.41, 5.74) is 0.978. The largest absolute Gasteiger partial charge is 0.478 e. The molecule has 88 valence electrons. The van der Waals surface area contributed by atoms with Gasteiger partial charge in [0.2, 0.25) is 10.0 Å². The maximum Gasteiger partial charge on any atom is 0.335 e. The summed E-state index contributed by atoms with van der Waals surface area (Å²) in [6.07, 6.45) is 0. The van der Waals surface area contributed by atoms with E-state index in [9.17, 15) is 13.2 Å². The molecule has 5 nitrogen and oxygen atoms in total. The lowest BCUT2D eigenvalue weighted by Gasteiger charge is -2.09. The molecule has 0 saturated carbocycles. The van der Waals surface area contributed by atoms with Gasteiger partial charge in [-0.2, -0.15) is 0 Å². The number of carboxylic acids is 1. The Labute approximate surface area is 102 Å². The molecule has 0 bridgehead atoms. The van der Waals surface area contributed by atoms with Gasteiger partial charge in [0, 0.05) is 0 Å². The normalized spacial score (nSPS) is 11.1. The number of anilines is 1. The number of hydrogen-bond donors (Lipinski definition) is 2. The highest BCUT2D eigenvalue weighted by Gasteiger charge is 2.12. The van der Waals surface area contributed by atoms with E-state index in [2.05, 4.69) is 20.7 Å². The fourth-order valence-corrected chi connectivity index (χ4v) is 2.01. The van der Waals surface area contributed by atoms with Crippen LogP contribution >= 0.6 is 15.9 Å². The van der Waals surface area contributed by atoms with Gasteiger partial charge in [-0.1, -0.05) is 22.0 Å². The van der Waals surface area contributed by atoms with Crippen LogP contribution in [0.2, 0.25) is 0 Å². The number of sulfonamides is 1. The first-order valence-electron chi connectivity index (χ1n) is 4.26. The van der Waals surface area contributed by atoms with E-state index in [0.29, 0.717) is 5.56 Å². The van der Waals surface area contributed by atoms with Crippen molar-refractivity contribution < 1.29 is 18.3 Å². The van der Waals surface area contributed by atoms with E-state index in [1.54, 1.807) is 13.0 Å². The molecule has 2 N–H and O–H groups in total. The SMILES string of the molecule is Cc1ccc(C(=O)O)cc1NS(=O)(=O)CBr. The van der Waals surface area contributed by atoms with Crippen LogP contribution < -0.4 is 4.72 Å². The van der Waals surface area contributed by atoms with Crippen molar-refractivity contribution in [2.24, 2.45) is 0 Å². The maximum absolute atomic E-state index is 11.3. The van der Waals surface area contributed by atoms with Crippen molar-refractivity contribution in [3.8, 4) is 0 Å². The van der Waals surface area contributed by atoms with Crippen molar-refractivity contribution in [3.63, 3.8) is 0 Å². The molecular formula is C9H10BrNO4S. The van der Waals surface area contributed by atoms with Crippen LogP contribution in [0.3, 0.4) is 0 Å². The van der Waals surface area contributed by atoms with Crippen LogP contribution in [0.1, 0.15) is 15.9 Å². The third-order valence-electron chi connectivity index (χ3n) is 1.89. The fourth-order valence-electron chi connectivity index (χ4n) is 1.06. The highest BCUT2D eigenvalue weighted by molar-refractivity contribution is 9.10. The van der Waals surface area contributed by atoms with Crippen molar-refractivity contribution in [3.05, 3.63) is 29.3 Å². The standard InChI is InChI=1S/C9H10BrNO4S/c1-6-2-3-7(9(12)13)4-8(6)11-16(14,15)5-10/h2-4,11H,5H2,1H3,(H,12,13). The predicted octanol–water partition coefficient (Wildman–Crippen LogP) is 1.79. The minimum atomic E-state index is -3.46. The lowest BCUT2D eigenvalue weighted by molar-refractivity contribution is 0.0697. The smallest absolute Gasteiger partial charge is 0.335 e. The van der Waals surface area contributed by atoms with Crippen LogP contribution in [0.5, 0.6) is 0 Å². The summed E-state index contributed by atoms with van der Waals surface area (Å²) in [5.74, 6) is -1.10. The van der Waals surface area contributed by atoms with Gasteiger partial charge in [0.05, 0.1) is 11.3 Å². The van der Waals surface area contributed by atoms with Gasteiger partial charge in [0.25, 0.3) is 0 Å². The third-order valence-corrected chi connectivity index (χ3v) is 4.52. The molecule has 0 atom stereocenters. The number of rotatable bonds is 4. The molecule has 1 rings (SSSR count). The first-order valence-corrected chi connectivity index (χ1v) is 7.03. The Morgan fingerprint density at radius 3 is 2.62 bits per heavy atom. The molecule has 0 heterocycles. The Bertz CT molecular complexity index is 512. The zero-order valence-corrected chi connectivity index (χ0v) is 10.8. The lowest BCUT2D eigenvalue weighted by Crippen LogP contribution is -2.14. The number of nitrogens with one attached hydrogen (secondary N) is 1. The van der Waals surface area contributed by atoms with Crippen molar-refractivity contribution in [2.75, 3.05) is 9.38 Å². The summed E-state index contributed by atoms with van der Waals surface area (Å²) in [5, 5.41) is 8.77. The van der Waals surface area contributed by atoms with E-state index in [0.717, 1.165) is 0 Å². The summed E-state index contributed by atoms with van der Waals surface area (Å²) in [7, 11) is -3.46. The van der Waals surface area contributed by atoms with Gasteiger partial charge >= 0.3 is 5.97 Å². The van der Waals surface area contributed by atoms with E-state index >= 15 is 0 Å². The average molecular weight is 308 g/mol. The molecule has 0 saturated heterocycles. The van der Waals surface area contributed by atoms with Gasteiger partial charge in [-0.15, -0.1) is 0 Å². The quantitative estimate of drug-likeness (QED) is 0.831. The molecule has 0 unspecified atom stereocenters. The molecule has 1 aromatic carbocycles. The molecule has 0 aliphatic heterocycles. The van der Waals surface area contributed by atoms with Gasteiger partial charge in [0.1, 0.15) is 4.66 Å². The first-order chi connectivity index (χ1) is 7.35. The zero-order chi connectivity index (χ0) is 12.3. The zero-order valence-electron chi connectivity index (χ0n) is 8.40. The van der Waals surface area contributed by atoms with Gasteiger partial charge in [0.15, 0.2) is 0 Å². The first kappa shape index (κ1) is 13.0. The van der Waals surface area contributed by atoms with E-state index in [1.165, 1.54) is 12.1 Å². The van der Waals surface area contributed by atoms with Crippen LogP contribution in [0.15, 0.2) is 18.2 Å². The van der Waals surface area contributed by atoms with Crippen LogP contribution in [-0.2, 0) is 10.0 Å². The summed E-state index contributed by atoms with van der Waals surface area (Å²) in [6, 6.07) is 4.26. The molecule has 0 radical (unpaired) electrons. The van der Waals surface area contributed by atoms with E-state index in [1.807, 2.05) is 0 Å². The van der Waals surface area contributed by atoms with E-state index in [-0.39, 0.29) is 15.9 Å². The number of hydrogen-bond acceptors (Lipinski definition) is 3. The Morgan fingerprint density at radius 2 is 2.12 bits per heavy atom. The van der Waals surface area contributed by atoms with Crippen LogP contribution in [0, 0.1) is 6.92 Å². The van der Waals surface area contributed by atoms with Crippen molar-refractivity contribution >= 4 is 37.6 Å². The predicted molar refractivity (Wildman–Crippen MR) is 64.5 cm³/mol. The highest BCUT2D eigenvalue weighted by Crippen LogP contribution is 2.18. The van der Waals surface area contributed by atoms with Crippen molar-refractivity contribution in [2.45, 2.75) is 6.92 Å². The number of aryl methyl sites for hydroxylation is 1. The molecule has 0 aliphatic rings. The second kappa shape index (κ2) is 4.84. The minimum absolute atomic E-state index is 0.0397. The second-order valence-electron chi connectivity index (χ2n) is 3.16. The molecule has 0 aromatic heterocycles. The molecule has 1 aromatic rings. The Kier molecular flexibility index (Phi) is 3.93. The van der Waals surface area contributed by atoms with Gasteiger partial charge in [-0.3, -0.25) is 4.72 Å². The van der Waals surface area contributed by atoms with Crippen LogP contribution in [0.25, 0.3) is 0 Å². The Balaban J connectivity index is 3.13. The molecule has 0 aliphatic carbocycles. The molecule has 7 heteroatoms. The van der Waals surface area contributed by atoms with E-state index in [4.69, 9.17) is 5.11 Å². The topological polar surface area (TPSA) is 83.5 Å². The number of carboxylic acid groups (broad SMARTS) is 1. The molecule has 16 heavy (non-hydrogen) atoms. The van der Waals surface area contributed by atoms with Gasteiger partial charge in [-0.05, 0) is 24.6 Å². The van der Waals surface area contributed by atoms with Gasteiger partial charge < -0.3 is 5.11 Å². The lowest BCUT2D eigenvalue weighted by atomic mass is 10.1. The molecular weight excluding hydrogens is 298 g/mol. The number of benzene rings is 1.